The molecule has 2 aromatic carbocycles. The summed E-state index contributed by atoms with van der Waals surface area (Å²) < 4.78 is 0. The molecular weight excluding hydrogens is 320 g/mol. The lowest BCUT2D eigenvalue weighted by Gasteiger charge is -2.25. The Morgan fingerprint density at radius 2 is 2.00 bits per heavy atom. The highest BCUT2D eigenvalue weighted by Gasteiger charge is 2.16. The minimum Gasteiger partial charge on any atom is -0.308 e. The molecule has 0 aromatic heterocycles. The summed E-state index contributed by atoms with van der Waals surface area (Å²) in [5.74, 6) is 0. The van der Waals surface area contributed by atoms with Crippen molar-refractivity contribution in [2.24, 2.45) is 0 Å². The molecule has 0 unspecified atom stereocenters. The van der Waals surface area contributed by atoms with Gasteiger partial charge in [-0.25, -0.2) is 4.79 Å². The second kappa shape index (κ2) is 6.90. The summed E-state index contributed by atoms with van der Waals surface area (Å²) in [7, 11) is 2.07. The highest BCUT2D eigenvalue weighted by molar-refractivity contribution is 6.00. The van der Waals surface area contributed by atoms with Gasteiger partial charge in [0.25, 0.3) is 5.69 Å². The topological polar surface area (TPSA) is 87.5 Å². The average molecular weight is 340 g/mol. The number of benzene rings is 2. The van der Waals surface area contributed by atoms with E-state index >= 15 is 0 Å². The summed E-state index contributed by atoms with van der Waals surface area (Å²) in [6, 6.07) is 10.1. The maximum atomic E-state index is 12.2. The van der Waals surface area contributed by atoms with Crippen molar-refractivity contribution in [3.05, 3.63) is 63.2 Å². The molecule has 0 aliphatic carbocycles. The summed E-state index contributed by atoms with van der Waals surface area (Å²) in [6.07, 6.45) is 1.01. The lowest BCUT2D eigenvalue weighted by atomic mass is 9.99. The highest BCUT2D eigenvalue weighted by atomic mass is 16.6. The third-order valence-electron chi connectivity index (χ3n) is 4.42. The summed E-state index contributed by atoms with van der Waals surface area (Å²) in [5, 5.41) is 16.5. The van der Waals surface area contributed by atoms with Crippen LogP contribution in [0.3, 0.4) is 0 Å². The van der Waals surface area contributed by atoms with Gasteiger partial charge >= 0.3 is 6.03 Å². The van der Waals surface area contributed by atoms with E-state index in [-0.39, 0.29) is 5.69 Å². The smallest absolute Gasteiger partial charge is 0.308 e. The van der Waals surface area contributed by atoms with Crippen molar-refractivity contribution in [1.82, 2.24) is 4.90 Å². The Hall–Kier alpha value is -2.93. The molecule has 2 amide bonds. The van der Waals surface area contributed by atoms with E-state index in [1.807, 2.05) is 18.2 Å². The zero-order valence-corrected chi connectivity index (χ0v) is 14.2. The number of anilines is 2. The van der Waals surface area contributed by atoms with Gasteiger partial charge < -0.3 is 15.5 Å². The van der Waals surface area contributed by atoms with Crippen LogP contribution in [0.1, 0.15) is 16.7 Å². The van der Waals surface area contributed by atoms with E-state index in [4.69, 9.17) is 0 Å². The summed E-state index contributed by atoms with van der Waals surface area (Å²) in [4.78, 5) is 25.0. The third-order valence-corrected chi connectivity index (χ3v) is 4.42. The Labute approximate surface area is 145 Å². The Bertz CT molecular complexity index is 835. The third kappa shape index (κ3) is 3.77. The second-order valence-corrected chi connectivity index (χ2v) is 6.26. The largest absolute Gasteiger partial charge is 0.323 e. The molecule has 130 valence electrons. The first-order valence-electron chi connectivity index (χ1n) is 8.06. The molecule has 1 aliphatic heterocycles. The van der Waals surface area contributed by atoms with Gasteiger partial charge in [0, 0.05) is 24.8 Å². The summed E-state index contributed by atoms with van der Waals surface area (Å²) >= 11 is 0. The van der Waals surface area contributed by atoms with Gasteiger partial charge in [-0.1, -0.05) is 12.1 Å². The molecule has 3 rings (SSSR count). The number of nitrogens with zero attached hydrogens (tertiary/aromatic N) is 2. The van der Waals surface area contributed by atoms with Crippen LogP contribution in [0.4, 0.5) is 21.9 Å². The molecule has 0 fully saturated rings. The zero-order chi connectivity index (χ0) is 18.0. The summed E-state index contributed by atoms with van der Waals surface area (Å²) in [5.41, 5.74) is 4.04. The number of nitrogens with one attached hydrogen (secondary N) is 2. The van der Waals surface area contributed by atoms with Crippen LogP contribution < -0.4 is 10.6 Å². The number of carbonyl (C=O) groups is 1. The van der Waals surface area contributed by atoms with E-state index in [2.05, 4.69) is 22.6 Å². The number of carbonyl (C=O) groups excluding carboxylic acids is 1. The molecule has 1 heterocycles. The molecule has 0 radical (unpaired) electrons. The maximum Gasteiger partial charge on any atom is 0.323 e. The molecule has 1 aliphatic rings. The number of hydrogen-bond acceptors (Lipinski definition) is 4. The van der Waals surface area contributed by atoms with Crippen LogP contribution >= 0.6 is 0 Å². The number of nitro groups is 1. The SMILES string of the molecule is Cc1c(NC(=O)Nc2ccc3c(c2)CN(C)CC3)cccc1[N+](=O)[O-]. The van der Waals surface area contributed by atoms with Crippen LogP contribution in [0.15, 0.2) is 36.4 Å². The Morgan fingerprint density at radius 3 is 2.76 bits per heavy atom. The van der Waals surface area contributed by atoms with Crippen LogP contribution in [-0.4, -0.2) is 29.4 Å². The molecule has 0 atom stereocenters. The predicted molar refractivity (Wildman–Crippen MR) is 97.0 cm³/mol. The molecule has 0 saturated heterocycles. The molecule has 7 heteroatoms. The standard InChI is InChI=1S/C18H20N4O3/c1-12-16(4-3-5-17(12)22(24)25)20-18(23)19-15-7-6-13-8-9-21(2)11-14(13)10-15/h3-7,10H,8-9,11H2,1-2H3,(H2,19,20,23). The van der Waals surface area contributed by atoms with Crippen molar-refractivity contribution in [2.45, 2.75) is 19.9 Å². The minimum absolute atomic E-state index is 0.0189. The lowest BCUT2D eigenvalue weighted by Crippen LogP contribution is -2.27. The quantitative estimate of drug-likeness (QED) is 0.661. The van der Waals surface area contributed by atoms with Crippen LogP contribution in [0.5, 0.6) is 0 Å². The van der Waals surface area contributed by atoms with Gasteiger partial charge in [0.2, 0.25) is 0 Å². The molecule has 0 spiro atoms. The Kier molecular flexibility index (Phi) is 4.67. The molecule has 25 heavy (non-hydrogen) atoms. The van der Waals surface area contributed by atoms with Gasteiger partial charge in [0.05, 0.1) is 16.2 Å². The number of nitro benzene ring substituents is 1. The van der Waals surface area contributed by atoms with E-state index < -0.39 is 11.0 Å². The predicted octanol–water partition coefficient (Wildman–Crippen LogP) is 3.54. The molecular formula is C18H20N4O3. The highest BCUT2D eigenvalue weighted by Crippen LogP contribution is 2.26. The van der Waals surface area contributed by atoms with E-state index in [0.29, 0.717) is 16.9 Å². The number of fused-ring (bicyclic) bond motifs is 1. The van der Waals surface area contributed by atoms with Crippen LogP contribution in [0.2, 0.25) is 0 Å². The number of rotatable bonds is 3. The van der Waals surface area contributed by atoms with Gasteiger partial charge in [-0.3, -0.25) is 10.1 Å². The average Bonchev–Trinajstić information content (AvgIpc) is 2.56. The monoisotopic (exact) mass is 340 g/mol. The molecule has 7 nitrogen and oxygen atoms in total. The number of amides is 2. The fraction of sp³-hybridized carbons (Fsp3) is 0.278. The van der Waals surface area contributed by atoms with Crippen molar-refractivity contribution < 1.29 is 9.72 Å². The van der Waals surface area contributed by atoms with Crippen molar-refractivity contribution in [2.75, 3.05) is 24.2 Å². The van der Waals surface area contributed by atoms with Crippen LogP contribution in [-0.2, 0) is 13.0 Å². The van der Waals surface area contributed by atoms with E-state index in [0.717, 1.165) is 19.5 Å². The van der Waals surface area contributed by atoms with Gasteiger partial charge in [-0.15, -0.1) is 0 Å². The summed E-state index contributed by atoms with van der Waals surface area (Å²) in [6.45, 7) is 3.51. The minimum atomic E-state index is -0.460. The molecule has 0 bridgehead atoms. The van der Waals surface area contributed by atoms with E-state index in [9.17, 15) is 14.9 Å². The van der Waals surface area contributed by atoms with Gasteiger partial charge in [-0.05, 0) is 49.7 Å². The normalized spacial score (nSPS) is 13.8. The molecule has 0 saturated carbocycles. The van der Waals surface area contributed by atoms with E-state index in [1.165, 1.54) is 17.2 Å². The van der Waals surface area contributed by atoms with E-state index in [1.54, 1.807) is 19.1 Å². The number of urea groups is 1. The first-order chi connectivity index (χ1) is 11.9. The van der Waals surface area contributed by atoms with Crippen molar-refractivity contribution >= 4 is 23.1 Å². The van der Waals surface area contributed by atoms with Gasteiger partial charge in [-0.2, -0.15) is 0 Å². The fourth-order valence-electron chi connectivity index (χ4n) is 3.02. The number of hydrogen-bond donors (Lipinski definition) is 2. The van der Waals surface area contributed by atoms with Gasteiger partial charge in [0.1, 0.15) is 0 Å². The molecule has 2 aromatic rings. The van der Waals surface area contributed by atoms with Crippen LogP contribution in [0.25, 0.3) is 0 Å². The first kappa shape index (κ1) is 16.9. The van der Waals surface area contributed by atoms with Crippen molar-refractivity contribution in [3.8, 4) is 0 Å². The first-order valence-corrected chi connectivity index (χ1v) is 8.06. The van der Waals surface area contributed by atoms with Crippen LogP contribution in [0, 0.1) is 17.0 Å². The van der Waals surface area contributed by atoms with Crippen molar-refractivity contribution in [3.63, 3.8) is 0 Å². The maximum absolute atomic E-state index is 12.2. The zero-order valence-electron chi connectivity index (χ0n) is 14.2. The lowest BCUT2D eigenvalue weighted by molar-refractivity contribution is -0.385. The second-order valence-electron chi connectivity index (χ2n) is 6.26. The van der Waals surface area contributed by atoms with Gasteiger partial charge in [0.15, 0.2) is 0 Å². The number of likely N-dealkylation sites (N-methyl/N-ethyl adjacent to an activating group) is 1. The van der Waals surface area contributed by atoms with Crippen molar-refractivity contribution in [1.29, 1.82) is 0 Å². The Balaban J connectivity index is 1.72. The fourth-order valence-corrected chi connectivity index (χ4v) is 3.02. The molecule has 2 N–H and O–H groups in total. The Morgan fingerprint density at radius 1 is 1.20 bits per heavy atom.